The molecule has 0 saturated heterocycles. The quantitative estimate of drug-likeness (QED) is 0.883. The maximum Gasteiger partial charge on any atom is 0.339 e. The fourth-order valence-corrected chi connectivity index (χ4v) is 2.06. The van der Waals surface area contributed by atoms with Crippen LogP contribution in [-0.4, -0.2) is 16.1 Å². The molecule has 0 aliphatic rings. The van der Waals surface area contributed by atoms with Crippen molar-refractivity contribution < 1.29 is 14.3 Å². The third kappa shape index (κ3) is 2.76. The van der Waals surface area contributed by atoms with E-state index in [0.717, 1.165) is 17.1 Å². The third-order valence-corrected chi connectivity index (χ3v) is 2.94. The Kier molecular flexibility index (Phi) is 3.55. The van der Waals surface area contributed by atoms with Gasteiger partial charge in [-0.05, 0) is 39.0 Å². The Labute approximate surface area is 111 Å². The summed E-state index contributed by atoms with van der Waals surface area (Å²) < 4.78 is 5.47. The molecule has 19 heavy (non-hydrogen) atoms. The minimum Gasteiger partial charge on any atom is -0.478 e. The molecule has 2 aromatic heterocycles. The fraction of sp³-hybridized carbons (Fsp3) is 0.286. The van der Waals surface area contributed by atoms with Crippen LogP contribution < -0.4 is 5.32 Å². The molecule has 2 N–H and O–H groups in total. The lowest BCUT2D eigenvalue weighted by Gasteiger charge is -2.15. The van der Waals surface area contributed by atoms with Crippen molar-refractivity contribution in [3.63, 3.8) is 0 Å². The molecular formula is C14H16N2O3. The zero-order valence-electron chi connectivity index (χ0n) is 11.1. The number of aryl methyl sites for hydroxylation is 2. The molecule has 1 unspecified atom stereocenters. The van der Waals surface area contributed by atoms with Crippen molar-refractivity contribution in [1.29, 1.82) is 0 Å². The largest absolute Gasteiger partial charge is 0.478 e. The summed E-state index contributed by atoms with van der Waals surface area (Å²) >= 11 is 0. The van der Waals surface area contributed by atoms with Gasteiger partial charge in [0.05, 0.1) is 6.04 Å². The number of rotatable bonds is 4. The summed E-state index contributed by atoms with van der Waals surface area (Å²) in [7, 11) is 0. The molecule has 0 radical (unpaired) electrons. The summed E-state index contributed by atoms with van der Waals surface area (Å²) in [6.07, 6.45) is 1.56. The number of pyridine rings is 1. The van der Waals surface area contributed by atoms with Crippen molar-refractivity contribution in [3.05, 3.63) is 47.0 Å². The monoisotopic (exact) mass is 260 g/mol. The molecule has 0 spiro atoms. The molecule has 0 fully saturated rings. The molecule has 0 aliphatic carbocycles. The Morgan fingerprint density at radius 2 is 2.21 bits per heavy atom. The van der Waals surface area contributed by atoms with Gasteiger partial charge in [0.1, 0.15) is 22.9 Å². The molecule has 0 aromatic carbocycles. The normalized spacial score (nSPS) is 12.2. The number of aromatic carboxylic acids is 1. The second-order valence-corrected chi connectivity index (χ2v) is 4.44. The number of nitrogens with zero attached hydrogens (tertiary/aromatic N) is 1. The second-order valence-electron chi connectivity index (χ2n) is 4.44. The van der Waals surface area contributed by atoms with Crippen molar-refractivity contribution in [1.82, 2.24) is 4.98 Å². The smallest absolute Gasteiger partial charge is 0.339 e. The molecule has 5 heteroatoms. The van der Waals surface area contributed by atoms with Gasteiger partial charge in [-0.1, -0.05) is 0 Å². The van der Waals surface area contributed by atoms with E-state index >= 15 is 0 Å². The molecular weight excluding hydrogens is 244 g/mol. The predicted molar refractivity (Wildman–Crippen MR) is 71.4 cm³/mol. The third-order valence-electron chi connectivity index (χ3n) is 2.94. The Hall–Kier alpha value is -2.30. The van der Waals surface area contributed by atoms with Crippen LogP contribution in [0.4, 0.5) is 5.82 Å². The van der Waals surface area contributed by atoms with E-state index in [2.05, 4.69) is 10.3 Å². The molecule has 0 aliphatic heterocycles. The van der Waals surface area contributed by atoms with Crippen LogP contribution in [0.25, 0.3) is 0 Å². The standard InChI is InChI=1S/C14H16N2O3/c1-8-7-12(10(3)19-8)9(2)16-13-11(14(17)18)5-4-6-15-13/h4-7,9H,1-3H3,(H,15,16)(H,17,18). The molecule has 2 rings (SSSR count). The van der Waals surface area contributed by atoms with Gasteiger partial charge in [0.25, 0.3) is 0 Å². The van der Waals surface area contributed by atoms with Gasteiger partial charge in [0, 0.05) is 11.8 Å². The van der Waals surface area contributed by atoms with Crippen LogP contribution in [0.5, 0.6) is 0 Å². The molecule has 5 nitrogen and oxygen atoms in total. The SMILES string of the molecule is Cc1cc(C(C)Nc2ncccc2C(=O)O)c(C)o1. The topological polar surface area (TPSA) is 75.4 Å². The number of aromatic nitrogens is 1. The summed E-state index contributed by atoms with van der Waals surface area (Å²) in [5.74, 6) is 1.02. The van der Waals surface area contributed by atoms with Crippen LogP contribution in [0.15, 0.2) is 28.8 Å². The first kappa shape index (κ1) is 13.1. The molecule has 2 heterocycles. The van der Waals surface area contributed by atoms with Crippen molar-refractivity contribution in [2.24, 2.45) is 0 Å². The highest BCUT2D eigenvalue weighted by atomic mass is 16.4. The number of carboxylic acid groups (broad SMARTS) is 1. The van der Waals surface area contributed by atoms with Crippen molar-refractivity contribution >= 4 is 11.8 Å². The number of carbonyl (C=O) groups is 1. The Balaban J connectivity index is 2.26. The van der Waals surface area contributed by atoms with E-state index in [1.165, 1.54) is 6.07 Å². The van der Waals surface area contributed by atoms with Gasteiger partial charge in [-0.25, -0.2) is 9.78 Å². The average molecular weight is 260 g/mol. The Morgan fingerprint density at radius 1 is 1.47 bits per heavy atom. The first-order valence-corrected chi connectivity index (χ1v) is 6.01. The molecule has 0 amide bonds. The van der Waals surface area contributed by atoms with Crippen molar-refractivity contribution in [3.8, 4) is 0 Å². The second kappa shape index (κ2) is 5.14. The number of nitrogens with one attached hydrogen (secondary N) is 1. The highest BCUT2D eigenvalue weighted by Gasteiger charge is 2.16. The van der Waals surface area contributed by atoms with E-state index < -0.39 is 5.97 Å². The van der Waals surface area contributed by atoms with Gasteiger partial charge in [-0.15, -0.1) is 0 Å². The summed E-state index contributed by atoms with van der Waals surface area (Å²) in [6.45, 7) is 5.71. The first-order chi connectivity index (χ1) is 8.99. The molecule has 0 bridgehead atoms. The van der Waals surface area contributed by atoms with Crippen LogP contribution >= 0.6 is 0 Å². The van der Waals surface area contributed by atoms with E-state index in [0.29, 0.717) is 5.82 Å². The number of anilines is 1. The summed E-state index contributed by atoms with van der Waals surface area (Å²) in [5.41, 5.74) is 1.16. The summed E-state index contributed by atoms with van der Waals surface area (Å²) in [4.78, 5) is 15.2. The predicted octanol–water partition coefficient (Wildman–Crippen LogP) is 3.16. The Morgan fingerprint density at radius 3 is 2.79 bits per heavy atom. The van der Waals surface area contributed by atoms with E-state index in [-0.39, 0.29) is 11.6 Å². The van der Waals surface area contributed by atoms with Crippen LogP contribution in [0.1, 0.15) is 40.4 Å². The zero-order valence-corrected chi connectivity index (χ0v) is 11.1. The van der Waals surface area contributed by atoms with Crippen LogP contribution in [0.2, 0.25) is 0 Å². The van der Waals surface area contributed by atoms with Crippen LogP contribution in [0, 0.1) is 13.8 Å². The van der Waals surface area contributed by atoms with Gasteiger partial charge in [-0.3, -0.25) is 0 Å². The molecule has 0 saturated carbocycles. The van der Waals surface area contributed by atoms with E-state index in [9.17, 15) is 4.79 Å². The average Bonchev–Trinajstić information content (AvgIpc) is 2.69. The van der Waals surface area contributed by atoms with E-state index in [4.69, 9.17) is 9.52 Å². The number of hydrogen-bond acceptors (Lipinski definition) is 4. The van der Waals surface area contributed by atoms with Gasteiger partial charge in [-0.2, -0.15) is 0 Å². The lowest BCUT2D eigenvalue weighted by atomic mass is 10.1. The van der Waals surface area contributed by atoms with Crippen LogP contribution in [0.3, 0.4) is 0 Å². The maximum atomic E-state index is 11.1. The van der Waals surface area contributed by atoms with Crippen LogP contribution in [-0.2, 0) is 0 Å². The fourth-order valence-electron chi connectivity index (χ4n) is 2.06. The van der Waals surface area contributed by atoms with Gasteiger partial charge in [0.2, 0.25) is 0 Å². The van der Waals surface area contributed by atoms with Crippen molar-refractivity contribution in [2.75, 3.05) is 5.32 Å². The van der Waals surface area contributed by atoms with Crippen molar-refractivity contribution in [2.45, 2.75) is 26.8 Å². The van der Waals surface area contributed by atoms with E-state index in [1.54, 1.807) is 12.3 Å². The number of hydrogen-bond donors (Lipinski definition) is 2. The van der Waals surface area contributed by atoms with Gasteiger partial charge < -0.3 is 14.8 Å². The number of carboxylic acids is 1. The van der Waals surface area contributed by atoms with Gasteiger partial charge >= 0.3 is 5.97 Å². The summed E-state index contributed by atoms with van der Waals surface area (Å²) in [6, 6.07) is 4.99. The highest BCUT2D eigenvalue weighted by molar-refractivity contribution is 5.93. The molecule has 1 atom stereocenters. The summed E-state index contributed by atoms with van der Waals surface area (Å²) in [5, 5.41) is 12.2. The minimum atomic E-state index is -0.997. The zero-order chi connectivity index (χ0) is 14.0. The lowest BCUT2D eigenvalue weighted by molar-refractivity contribution is 0.0697. The van der Waals surface area contributed by atoms with E-state index in [1.807, 2.05) is 26.8 Å². The molecule has 2 aromatic rings. The number of furan rings is 1. The first-order valence-electron chi connectivity index (χ1n) is 6.01. The molecule has 100 valence electrons. The maximum absolute atomic E-state index is 11.1. The Bertz CT molecular complexity index is 604. The van der Waals surface area contributed by atoms with Gasteiger partial charge in [0.15, 0.2) is 0 Å². The highest BCUT2D eigenvalue weighted by Crippen LogP contribution is 2.25. The lowest BCUT2D eigenvalue weighted by Crippen LogP contribution is -2.12. The minimum absolute atomic E-state index is 0.0783.